The lowest BCUT2D eigenvalue weighted by Crippen LogP contribution is -2.38. The maximum Gasteiger partial charge on any atom is 0.284 e. The van der Waals surface area contributed by atoms with Crippen LogP contribution in [0.2, 0.25) is 0 Å². The summed E-state index contributed by atoms with van der Waals surface area (Å²) < 4.78 is 6.27. The van der Waals surface area contributed by atoms with E-state index in [9.17, 15) is 9.59 Å². The first-order valence-electron chi connectivity index (χ1n) is 5.11. The standard InChI is InChI=1S/C11H13BrN2O4/c1-7(11(16)14-17-6-10(13)15)18-9-4-2-8(12)3-5-9/h2-5,7H,6H2,1H3,(H2,13,15)(H,14,16). The van der Waals surface area contributed by atoms with Crippen LogP contribution in [0, 0.1) is 0 Å². The average Bonchev–Trinajstić information content (AvgIpc) is 2.31. The zero-order chi connectivity index (χ0) is 13.5. The third kappa shape index (κ3) is 5.15. The van der Waals surface area contributed by atoms with Crippen molar-refractivity contribution in [2.75, 3.05) is 6.61 Å². The number of ether oxygens (including phenoxy) is 1. The van der Waals surface area contributed by atoms with Crippen molar-refractivity contribution in [3.05, 3.63) is 28.7 Å². The molecule has 0 saturated heterocycles. The predicted octanol–water partition coefficient (Wildman–Crippen LogP) is 0.749. The molecule has 0 aliphatic carbocycles. The van der Waals surface area contributed by atoms with E-state index in [2.05, 4.69) is 26.2 Å². The lowest BCUT2D eigenvalue weighted by atomic mass is 10.3. The highest BCUT2D eigenvalue weighted by Crippen LogP contribution is 2.17. The molecule has 0 radical (unpaired) electrons. The molecule has 2 amide bonds. The van der Waals surface area contributed by atoms with Crippen molar-refractivity contribution in [1.82, 2.24) is 5.48 Å². The van der Waals surface area contributed by atoms with Gasteiger partial charge in [0.15, 0.2) is 12.7 Å². The van der Waals surface area contributed by atoms with Gasteiger partial charge in [0.05, 0.1) is 0 Å². The smallest absolute Gasteiger partial charge is 0.284 e. The summed E-state index contributed by atoms with van der Waals surface area (Å²) in [7, 11) is 0. The summed E-state index contributed by atoms with van der Waals surface area (Å²) in [5, 5.41) is 0. The van der Waals surface area contributed by atoms with Gasteiger partial charge in [-0.2, -0.15) is 0 Å². The molecule has 0 fully saturated rings. The topological polar surface area (TPSA) is 90.7 Å². The number of carbonyl (C=O) groups excluding carboxylic acids is 2. The van der Waals surface area contributed by atoms with Crippen molar-refractivity contribution in [3.63, 3.8) is 0 Å². The van der Waals surface area contributed by atoms with Crippen LogP contribution in [0.3, 0.4) is 0 Å². The number of halogens is 1. The Kier molecular flexibility index (Phi) is 5.60. The molecule has 0 heterocycles. The number of rotatable bonds is 6. The van der Waals surface area contributed by atoms with Gasteiger partial charge in [-0.25, -0.2) is 5.48 Å². The molecule has 1 rings (SSSR count). The van der Waals surface area contributed by atoms with E-state index in [4.69, 9.17) is 10.5 Å². The zero-order valence-corrected chi connectivity index (χ0v) is 11.3. The SMILES string of the molecule is CC(Oc1ccc(Br)cc1)C(=O)NOCC(N)=O. The van der Waals surface area contributed by atoms with E-state index in [0.29, 0.717) is 5.75 Å². The minimum absolute atomic E-state index is 0.378. The maximum atomic E-state index is 11.5. The van der Waals surface area contributed by atoms with Crippen LogP contribution in [0.25, 0.3) is 0 Å². The van der Waals surface area contributed by atoms with E-state index in [0.717, 1.165) is 4.47 Å². The van der Waals surface area contributed by atoms with E-state index in [1.807, 2.05) is 0 Å². The fourth-order valence-corrected chi connectivity index (χ4v) is 1.30. The molecule has 1 aromatic carbocycles. The second kappa shape index (κ2) is 6.97. The summed E-state index contributed by atoms with van der Waals surface area (Å²) in [6.07, 6.45) is -0.751. The van der Waals surface area contributed by atoms with E-state index in [-0.39, 0.29) is 6.61 Å². The third-order valence-corrected chi connectivity index (χ3v) is 2.41. The third-order valence-electron chi connectivity index (χ3n) is 1.88. The van der Waals surface area contributed by atoms with E-state index in [1.54, 1.807) is 31.2 Å². The van der Waals surface area contributed by atoms with Crippen LogP contribution in [0.15, 0.2) is 28.7 Å². The minimum Gasteiger partial charge on any atom is -0.481 e. The number of hydroxylamine groups is 1. The summed E-state index contributed by atoms with van der Waals surface area (Å²) in [4.78, 5) is 26.4. The van der Waals surface area contributed by atoms with Gasteiger partial charge in [-0.1, -0.05) is 15.9 Å². The van der Waals surface area contributed by atoms with Gasteiger partial charge in [0.1, 0.15) is 5.75 Å². The molecule has 0 aliphatic rings. The van der Waals surface area contributed by atoms with Gasteiger partial charge >= 0.3 is 0 Å². The Balaban J connectivity index is 2.39. The van der Waals surface area contributed by atoms with Crippen molar-refractivity contribution < 1.29 is 19.2 Å². The van der Waals surface area contributed by atoms with Crippen LogP contribution in [-0.2, 0) is 14.4 Å². The molecule has 0 bridgehead atoms. The van der Waals surface area contributed by atoms with Gasteiger partial charge in [-0.3, -0.25) is 14.4 Å². The van der Waals surface area contributed by atoms with Crippen LogP contribution < -0.4 is 16.0 Å². The van der Waals surface area contributed by atoms with Crippen LogP contribution >= 0.6 is 15.9 Å². The van der Waals surface area contributed by atoms with Gasteiger partial charge in [0.2, 0.25) is 5.91 Å². The molecule has 7 heteroatoms. The first-order chi connectivity index (χ1) is 8.49. The van der Waals surface area contributed by atoms with Crippen LogP contribution in [-0.4, -0.2) is 24.5 Å². The Hall–Kier alpha value is -1.60. The average molecular weight is 317 g/mol. The number of carbonyl (C=O) groups is 2. The van der Waals surface area contributed by atoms with Crippen molar-refractivity contribution in [3.8, 4) is 5.75 Å². The number of amides is 2. The molecule has 98 valence electrons. The van der Waals surface area contributed by atoms with E-state index in [1.165, 1.54) is 0 Å². The Bertz CT molecular complexity index is 422. The molecule has 0 aliphatic heterocycles. The number of hydrogen-bond acceptors (Lipinski definition) is 4. The molecule has 18 heavy (non-hydrogen) atoms. The highest BCUT2D eigenvalue weighted by atomic mass is 79.9. The maximum absolute atomic E-state index is 11.5. The molecule has 0 saturated carbocycles. The quantitative estimate of drug-likeness (QED) is 0.758. The van der Waals surface area contributed by atoms with Gasteiger partial charge in [0, 0.05) is 4.47 Å². The number of nitrogens with one attached hydrogen (secondary N) is 1. The molecule has 3 N–H and O–H groups in total. The monoisotopic (exact) mass is 316 g/mol. The summed E-state index contributed by atoms with van der Waals surface area (Å²) in [6, 6.07) is 7.03. The van der Waals surface area contributed by atoms with Gasteiger partial charge in [-0.15, -0.1) is 0 Å². The van der Waals surface area contributed by atoms with Crippen molar-refractivity contribution >= 4 is 27.7 Å². The van der Waals surface area contributed by atoms with Crippen molar-refractivity contribution in [2.45, 2.75) is 13.0 Å². The van der Waals surface area contributed by atoms with Crippen LogP contribution in [0.4, 0.5) is 0 Å². The van der Waals surface area contributed by atoms with Crippen molar-refractivity contribution in [2.24, 2.45) is 5.73 Å². The first kappa shape index (κ1) is 14.5. The first-order valence-corrected chi connectivity index (χ1v) is 5.90. The predicted molar refractivity (Wildman–Crippen MR) is 67.5 cm³/mol. The number of hydrogen-bond donors (Lipinski definition) is 2. The molecule has 1 aromatic rings. The fraction of sp³-hybridized carbons (Fsp3) is 0.273. The molecular formula is C11H13BrN2O4. The Labute approximate surface area is 113 Å². The van der Waals surface area contributed by atoms with Gasteiger partial charge in [-0.05, 0) is 31.2 Å². The van der Waals surface area contributed by atoms with E-state index >= 15 is 0 Å². The molecule has 0 spiro atoms. The van der Waals surface area contributed by atoms with Crippen LogP contribution in [0.5, 0.6) is 5.75 Å². The molecule has 1 atom stereocenters. The molecular weight excluding hydrogens is 304 g/mol. The van der Waals surface area contributed by atoms with E-state index < -0.39 is 17.9 Å². The molecule has 1 unspecified atom stereocenters. The zero-order valence-electron chi connectivity index (χ0n) is 9.68. The van der Waals surface area contributed by atoms with Crippen LogP contribution in [0.1, 0.15) is 6.92 Å². The second-order valence-electron chi connectivity index (χ2n) is 3.44. The Morgan fingerprint density at radius 1 is 1.39 bits per heavy atom. The summed E-state index contributed by atoms with van der Waals surface area (Å²) in [5.74, 6) is -0.619. The summed E-state index contributed by atoms with van der Waals surface area (Å²) in [6.45, 7) is 1.18. The summed E-state index contributed by atoms with van der Waals surface area (Å²) in [5.41, 5.74) is 6.91. The van der Waals surface area contributed by atoms with Gasteiger partial charge < -0.3 is 10.5 Å². The minimum atomic E-state index is -0.751. The normalized spacial score (nSPS) is 11.7. The lowest BCUT2D eigenvalue weighted by Gasteiger charge is -2.14. The molecule has 6 nitrogen and oxygen atoms in total. The largest absolute Gasteiger partial charge is 0.481 e. The van der Waals surface area contributed by atoms with Gasteiger partial charge in [0.25, 0.3) is 5.91 Å². The second-order valence-corrected chi connectivity index (χ2v) is 4.35. The Morgan fingerprint density at radius 2 is 2.00 bits per heavy atom. The lowest BCUT2D eigenvalue weighted by molar-refractivity contribution is -0.143. The fourth-order valence-electron chi connectivity index (χ4n) is 1.03. The molecule has 0 aromatic heterocycles. The highest BCUT2D eigenvalue weighted by molar-refractivity contribution is 9.10. The highest BCUT2D eigenvalue weighted by Gasteiger charge is 2.14. The number of primary amides is 1. The Morgan fingerprint density at radius 3 is 2.56 bits per heavy atom. The number of benzene rings is 1. The van der Waals surface area contributed by atoms with Crippen molar-refractivity contribution in [1.29, 1.82) is 0 Å². The summed E-state index contributed by atoms with van der Waals surface area (Å²) >= 11 is 3.29. The number of nitrogens with two attached hydrogens (primary N) is 1.